The maximum atomic E-state index is 12.7. The number of hydrogen-bond donors (Lipinski definition) is 1. The van der Waals surface area contributed by atoms with E-state index in [0.29, 0.717) is 25.1 Å². The number of methoxy groups -OCH3 is 1. The first-order valence-electron chi connectivity index (χ1n) is 12.4. The standard InChI is InChI=1S/C30H35N3O3/c1-30(2,3)24-9-7-23(8-10-24)29(35)31-25-11-13-26(14-12-25)32-17-19-33(20-18-32)28(34)21-22-5-15-27(36-4)16-6-22/h5-16H,17-21H2,1-4H3,(H,31,35). The zero-order valence-electron chi connectivity index (χ0n) is 21.6. The number of carbonyl (C=O) groups excluding carboxylic acids is 2. The van der Waals surface area contributed by atoms with Crippen molar-refractivity contribution in [3.05, 3.63) is 89.5 Å². The lowest BCUT2D eigenvalue weighted by molar-refractivity contribution is -0.130. The van der Waals surface area contributed by atoms with Crippen LogP contribution in [0.25, 0.3) is 0 Å². The zero-order valence-corrected chi connectivity index (χ0v) is 21.6. The lowest BCUT2D eigenvalue weighted by Gasteiger charge is -2.36. The van der Waals surface area contributed by atoms with E-state index >= 15 is 0 Å². The summed E-state index contributed by atoms with van der Waals surface area (Å²) in [4.78, 5) is 29.6. The monoisotopic (exact) mass is 485 g/mol. The van der Waals surface area contributed by atoms with E-state index in [0.717, 1.165) is 35.8 Å². The van der Waals surface area contributed by atoms with Crippen LogP contribution in [0.15, 0.2) is 72.8 Å². The summed E-state index contributed by atoms with van der Waals surface area (Å²) in [6, 6.07) is 23.3. The van der Waals surface area contributed by atoms with Gasteiger partial charge < -0.3 is 19.9 Å². The van der Waals surface area contributed by atoms with Gasteiger partial charge in [0.1, 0.15) is 5.75 Å². The minimum absolute atomic E-state index is 0.0557. The molecule has 1 saturated heterocycles. The van der Waals surface area contributed by atoms with Crippen molar-refractivity contribution in [2.45, 2.75) is 32.6 Å². The molecule has 1 N–H and O–H groups in total. The number of carbonyl (C=O) groups is 2. The molecule has 1 fully saturated rings. The second-order valence-electron chi connectivity index (χ2n) is 10.2. The smallest absolute Gasteiger partial charge is 0.255 e. The van der Waals surface area contributed by atoms with Gasteiger partial charge in [-0.15, -0.1) is 0 Å². The molecule has 6 heteroatoms. The summed E-state index contributed by atoms with van der Waals surface area (Å²) in [5, 5.41) is 2.98. The third-order valence-electron chi connectivity index (χ3n) is 6.65. The fourth-order valence-corrected chi connectivity index (χ4v) is 4.32. The number of anilines is 2. The van der Waals surface area contributed by atoms with Gasteiger partial charge in [0, 0.05) is 43.1 Å². The van der Waals surface area contributed by atoms with Crippen LogP contribution >= 0.6 is 0 Å². The minimum atomic E-state index is -0.118. The van der Waals surface area contributed by atoms with Crippen molar-refractivity contribution in [2.75, 3.05) is 43.5 Å². The van der Waals surface area contributed by atoms with Gasteiger partial charge >= 0.3 is 0 Å². The van der Waals surface area contributed by atoms with Crippen LogP contribution in [0.3, 0.4) is 0 Å². The largest absolute Gasteiger partial charge is 0.497 e. The number of rotatable bonds is 6. The van der Waals surface area contributed by atoms with E-state index in [1.54, 1.807) is 7.11 Å². The molecule has 0 aromatic heterocycles. The van der Waals surface area contributed by atoms with Crippen molar-refractivity contribution >= 4 is 23.2 Å². The topological polar surface area (TPSA) is 61.9 Å². The van der Waals surface area contributed by atoms with Crippen molar-refractivity contribution in [2.24, 2.45) is 0 Å². The van der Waals surface area contributed by atoms with Crippen LogP contribution < -0.4 is 15.0 Å². The van der Waals surface area contributed by atoms with Gasteiger partial charge in [0.05, 0.1) is 13.5 Å². The fraction of sp³-hybridized carbons (Fsp3) is 0.333. The third-order valence-corrected chi connectivity index (χ3v) is 6.65. The average Bonchev–Trinajstić information content (AvgIpc) is 2.89. The Bertz CT molecular complexity index is 1170. The summed E-state index contributed by atoms with van der Waals surface area (Å²) < 4.78 is 5.18. The number of nitrogens with one attached hydrogen (secondary N) is 1. The highest BCUT2D eigenvalue weighted by molar-refractivity contribution is 6.04. The molecule has 1 aliphatic rings. The summed E-state index contributed by atoms with van der Waals surface area (Å²) in [6.45, 7) is 9.41. The Morgan fingerprint density at radius 2 is 1.44 bits per heavy atom. The molecular weight excluding hydrogens is 450 g/mol. The van der Waals surface area contributed by atoms with Crippen molar-refractivity contribution in [3.8, 4) is 5.75 Å². The molecule has 3 aromatic rings. The molecule has 4 rings (SSSR count). The van der Waals surface area contributed by atoms with Crippen molar-refractivity contribution in [3.63, 3.8) is 0 Å². The Hall–Kier alpha value is -3.80. The quantitative estimate of drug-likeness (QED) is 0.525. The lowest BCUT2D eigenvalue weighted by atomic mass is 9.87. The van der Waals surface area contributed by atoms with Crippen LogP contribution in [-0.2, 0) is 16.6 Å². The van der Waals surface area contributed by atoms with Gasteiger partial charge in [-0.3, -0.25) is 9.59 Å². The van der Waals surface area contributed by atoms with Crippen molar-refractivity contribution in [1.29, 1.82) is 0 Å². The van der Waals surface area contributed by atoms with Crippen LogP contribution in [0.2, 0.25) is 0 Å². The van der Waals surface area contributed by atoms with E-state index in [9.17, 15) is 9.59 Å². The molecular formula is C30H35N3O3. The first-order valence-corrected chi connectivity index (χ1v) is 12.4. The third kappa shape index (κ3) is 6.25. The van der Waals surface area contributed by atoms with Crippen LogP contribution in [0.4, 0.5) is 11.4 Å². The van der Waals surface area contributed by atoms with E-state index in [-0.39, 0.29) is 17.2 Å². The maximum absolute atomic E-state index is 12.7. The number of amides is 2. The van der Waals surface area contributed by atoms with Crippen LogP contribution in [-0.4, -0.2) is 50.0 Å². The second kappa shape index (κ2) is 10.9. The number of benzene rings is 3. The van der Waals surface area contributed by atoms with Crippen LogP contribution in [0.1, 0.15) is 42.3 Å². The number of hydrogen-bond acceptors (Lipinski definition) is 4. The summed E-state index contributed by atoms with van der Waals surface area (Å²) >= 11 is 0. The average molecular weight is 486 g/mol. The van der Waals surface area contributed by atoms with Gasteiger partial charge in [-0.1, -0.05) is 45.0 Å². The molecule has 2 amide bonds. The van der Waals surface area contributed by atoms with Gasteiger partial charge in [0.25, 0.3) is 5.91 Å². The lowest BCUT2D eigenvalue weighted by Crippen LogP contribution is -2.49. The van der Waals surface area contributed by atoms with Crippen molar-refractivity contribution in [1.82, 2.24) is 4.90 Å². The van der Waals surface area contributed by atoms with E-state index < -0.39 is 0 Å². The summed E-state index contributed by atoms with van der Waals surface area (Å²) in [6.07, 6.45) is 0.400. The normalized spacial score (nSPS) is 13.9. The number of ether oxygens (including phenoxy) is 1. The molecule has 0 saturated carbocycles. The van der Waals surface area contributed by atoms with Crippen molar-refractivity contribution < 1.29 is 14.3 Å². The molecule has 3 aromatic carbocycles. The molecule has 188 valence electrons. The minimum Gasteiger partial charge on any atom is -0.497 e. The predicted octanol–water partition coefficient (Wildman–Crippen LogP) is 5.14. The molecule has 0 aliphatic carbocycles. The molecule has 0 spiro atoms. The van der Waals surface area contributed by atoms with Crippen LogP contribution in [0.5, 0.6) is 5.75 Å². The molecule has 1 heterocycles. The second-order valence-corrected chi connectivity index (χ2v) is 10.2. The van der Waals surface area contributed by atoms with E-state index in [4.69, 9.17) is 4.74 Å². The van der Waals surface area contributed by atoms with Gasteiger partial charge in [0.15, 0.2) is 0 Å². The Morgan fingerprint density at radius 1 is 0.833 bits per heavy atom. The summed E-state index contributed by atoms with van der Waals surface area (Å²) in [5.74, 6) is 0.820. The van der Waals surface area contributed by atoms with Gasteiger partial charge in [-0.25, -0.2) is 0 Å². The SMILES string of the molecule is COc1ccc(CC(=O)N2CCN(c3ccc(NC(=O)c4ccc(C(C)(C)C)cc4)cc3)CC2)cc1. The predicted molar refractivity (Wildman–Crippen MR) is 145 cm³/mol. The maximum Gasteiger partial charge on any atom is 0.255 e. The number of piperazine rings is 1. The molecule has 36 heavy (non-hydrogen) atoms. The summed E-state index contributed by atoms with van der Waals surface area (Å²) in [7, 11) is 1.63. The molecule has 0 unspecified atom stereocenters. The highest BCUT2D eigenvalue weighted by Crippen LogP contribution is 2.23. The molecule has 0 atom stereocenters. The molecule has 0 bridgehead atoms. The zero-order chi connectivity index (χ0) is 25.7. The highest BCUT2D eigenvalue weighted by Gasteiger charge is 2.21. The van der Waals surface area contributed by atoms with Gasteiger partial charge in [-0.05, 0) is 65.1 Å². The molecule has 0 radical (unpaired) electrons. The molecule has 1 aliphatic heterocycles. The Balaban J connectivity index is 1.28. The fourth-order valence-electron chi connectivity index (χ4n) is 4.32. The van der Waals surface area contributed by atoms with Crippen LogP contribution in [0, 0.1) is 0 Å². The van der Waals surface area contributed by atoms with E-state index in [1.807, 2.05) is 77.7 Å². The van der Waals surface area contributed by atoms with E-state index in [2.05, 4.69) is 31.0 Å². The Morgan fingerprint density at radius 3 is 2.00 bits per heavy atom. The Kier molecular flexibility index (Phi) is 7.63. The van der Waals surface area contributed by atoms with E-state index in [1.165, 1.54) is 5.56 Å². The number of nitrogens with zero attached hydrogens (tertiary/aromatic N) is 2. The highest BCUT2D eigenvalue weighted by atomic mass is 16.5. The summed E-state index contributed by atoms with van der Waals surface area (Å²) in [5.41, 5.74) is 4.74. The molecule has 6 nitrogen and oxygen atoms in total. The Labute approximate surface area is 213 Å². The first-order chi connectivity index (χ1) is 17.2. The van der Waals surface area contributed by atoms with Gasteiger partial charge in [-0.2, -0.15) is 0 Å². The van der Waals surface area contributed by atoms with Gasteiger partial charge in [0.2, 0.25) is 5.91 Å². The first kappa shape index (κ1) is 25.3.